The van der Waals surface area contributed by atoms with Gasteiger partial charge in [0.25, 0.3) is 0 Å². The van der Waals surface area contributed by atoms with E-state index in [2.05, 4.69) is 24.1 Å². The van der Waals surface area contributed by atoms with Crippen LogP contribution in [0.3, 0.4) is 0 Å². The van der Waals surface area contributed by atoms with Crippen molar-refractivity contribution in [1.82, 2.24) is 10.2 Å². The Morgan fingerprint density at radius 3 is 1.31 bits per heavy atom. The zero-order valence-electron chi connectivity index (χ0n) is 23.8. The lowest BCUT2D eigenvalue weighted by molar-refractivity contribution is -0.143. The summed E-state index contributed by atoms with van der Waals surface area (Å²) in [5.74, 6) is -0.436. The molecular weight excluding hydrogens is 436 g/mol. The van der Waals surface area contributed by atoms with Gasteiger partial charge in [0.1, 0.15) is 6.54 Å². The SMILES string of the molecule is CCCCCCCCCCCCN(CCCCCCCCCCCC)CC(=O)NCC(=O)OCC. The largest absolute Gasteiger partial charge is 0.465 e. The molecule has 1 amide bonds. The van der Waals surface area contributed by atoms with Crippen LogP contribution in [0.2, 0.25) is 0 Å². The Bertz CT molecular complexity index is 447. The predicted molar refractivity (Wildman–Crippen MR) is 150 cm³/mol. The maximum absolute atomic E-state index is 12.4. The lowest BCUT2D eigenvalue weighted by atomic mass is 10.1. The van der Waals surface area contributed by atoms with E-state index in [1.165, 1.54) is 116 Å². The second-order valence-electron chi connectivity index (χ2n) is 10.2. The zero-order chi connectivity index (χ0) is 25.8. The Kier molecular flexibility index (Phi) is 26.6. The summed E-state index contributed by atoms with van der Waals surface area (Å²) in [5, 5.41) is 2.72. The lowest BCUT2D eigenvalue weighted by Gasteiger charge is -2.22. The Balaban J connectivity index is 4.07. The number of hydrogen-bond donors (Lipinski definition) is 1. The summed E-state index contributed by atoms with van der Waals surface area (Å²) in [6, 6.07) is 0. The van der Waals surface area contributed by atoms with Crippen LogP contribution in [0.25, 0.3) is 0 Å². The van der Waals surface area contributed by atoms with Gasteiger partial charge in [0, 0.05) is 0 Å². The van der Waals surface area contributed by atoms with Crippen LogP contribution >= 0.6 is 0 Å². The third-order valence-corrected chi connectivity index (χ3v) is 6.76. The molecular formula is C30H60N2O3. The summed E-state index contributed by atoms with van der Waals surface area (Å²) in [5.41, 5.74) is 0. The zero-order valence-corrected chi connectivity index (χ0v) is 23.8. The summed E-state index contributed by atoms with van der Waals surface area (Å²) in [6.07, 6.45) is 26.5. The number of esters is 1. The summed E-state index contributed by atoms with van der Waals surface area (Å²) < 4.78 is 4.91. The molecule has 208 valence electrons. The van der Waals surface area contributed by atoms with Gasteiger partial charge < -0.3 is 10.1 Å². The Morgan fingerprint density at radius 2 is 0.943 bits per heavy atom. The number of amides is 1. The molecule has 0 aliphatic carbocycles. The van der Waals surface area contributed by atoms with E-state index in [4.69, 9.17) is 4.74 Å². The highest BCUT2D eigenvalue weighted by atomic mass is 16.5. The molecule has 0 fully saturated rings. The minimum Gasteiger partial charge on any atom is -0.465 e. The molecule has 0 saturated heterocycles. The molecule has 0 spiro atoms. The van der Waals surface area contributed by atoms with Gasteiger partial charge in [-0.15, -0.1) is 0 Å². The predicted octanol–water partition coefficient (Wildman–Crippen LogP) is 7.81. The molecule has 0 saturated carbocycles. The van der Waals surface area contributed by atoms with Gasteiger partial charge in [-0.25, -0.2) is 0 Å². The normalized spacial score (nSPS) is 11.2. The third-order valence-electron chi connectivity index (χ3n) is 6.76. The number of ether oxygens (including phenoxy) is 1. The molecule has 0 aromatic carbocycles. The maximum atomic E-state index is 12.4. The van der Waals surface area contributed by atoms with Crippen molar-refractivity contribution in [2.24, 2.45) is 0 Å². The molecule has 0 aliphatic rings. The molecule has 0 atom stereocenters. The Morgan fingerprint density at radius 1 is 0.571 bits per heavy atom. The fourth-order valence-corrected chi connectivity index (χ4v) is 4.56. The average molecular weight is 497 g/mol. The van der Waals surface area contributed by atoms with E-state index < -0.39 is 0 Å². The van der Waals surface area contributed by atoms with Crippen molar-refractivity contribution < 1.29 is 14.3 Å². The molecule has 5 nitrogen and oxygen atoms in total. The summed E-state index contributed by atoms with van der Waals surface area (Å²) >= 11 is 0. The molecule has 35 heavy (non-hydrogen) atoms. The number of carbonyl (C=O) groups is 2. The van der Waals surface area contributed by atoms with Crippen molar-refractivity contribution in [3.05, 3.63) is 0 Å². The quantitative estimate of drug-likeness (QED) is 0.0930. The first-order valence-electron chi connectivity index (χ1n) is 15.3. The maximum Gasteiger partial charge on any atom is 0.325 e. The highest BCUT2D eigenvalue weighted by molar-refractivity contribution is 5.83. The van der Waals surface area contributed by atoms with Gasteiger partial charge in [-0.3, -0.25) is 14.5 Å². The van der Waals surface area contributed by atoms with Crippen molar-refractivity contribution in [2.45, 2.75) is 149 Å². The van der Waals surface area contributed by atoms with Crippen LogP contribution in [0.4, 0.5) is 0 Å². The molecule has 0 radical (unpaired) electrons. The van der Waals surface area contributed by atoms with Crippen molar-refractivity contribution in [3.8, 4) is 0 Å². The van der Waals surface area contributed by atoms with Crippen molar-refractivity contribution in [1.29, 1.82) is 0 Å². The van der Waals surface area contributed by atoms with Crippen LogP contribution in [0.15, 0.2) is 0 Å². The van der Waals surface area contributed by atoms with Crippen LogP contribution < -0.4 is 5.32 Å². The summed E-state index contributed by atoms with van der Waals surface area (Å²) in [6.45, 7) is 8.96. The molecule has 0 unspecified atom stereocenters. The summed E-state index contributed by atoms with van der Waals surface area (Å²) in [4.78, 5) is 26.2. The van der Waals surface area contributed by atoms with E-state index in [9.17, 15) is 9.59 Å². The number of unbranched alkanes of at least 4 members (excludes halogenated alkanes) is 18. The standard InChI is InChI=1S/C30H60N2O3/c1-4-7-9-11-13-15-17-19-21-23-25-32(28-29(33)31-27-30(34)35-6-3)26-24-22-20-18-16-14-12-10-8-5-2/h4-28H2,1-3H3,(H,31,33). The van der Waals surface area contributed by atoms with E-state index in [0.29, 0.717) is 13.2 Å². The second-order valence-corrected chi connectivity index (χ2v) is 10.2. The number of rotatable bonds is 27. The van der Waals surface area contributed by atoms with Crippen LogP contribution in [-0.4, -0.2) is 49.6 Å². The van der Waals surface area contributed by atoms with E-state index in [1.807, 2.05) is 0 Å². The van der Waals surface area contributed by atoms with Gasteiger partial charge in [-0.05, 0) is 32.9 Å². The molecule has 0 bridgehead atoms. The van der Waals surface area contributed by atoms with Gasteiger partial charge >= 0.3 is 5.97 Å². The number of carbonyl (C=O) groups excluding carboxylic acids is 2. The molecule has 5 heteroatoms. The van der Waals surface area contributed by atoms with Crippen molar-refractivity contribution in [2.75, 3.05) is 32.8 Å². The Hall–Kier alpha value is -1.10. The average Bonchev–Trinajstić information content (AvgIpc) is 2.85. The van der Waals surface area contributed by atoms with Crippen molar-refractivity contribution >= 4 is 11.9 Å². The van der Waals surface area contributed by atoms with Crippen molar-refractivity contribution in [3.63, 3.8) is 0 Å². The van der Waals surface area contributed by atoms with E-state index in [1.54, 1.807) is 6.92 Å². The van der Waals surface area contributed by atoms with Gasteiger partial charge in [0.05, 0.1) is 13.2 Å². The monoisotopic (exact) mass is 496 g/mol. The topological polar surface area (TPSA) is 58.6 Å². The minimum atomic E-state index is -0.364. The highest BCUT2D eigenvalue weighted by Crippen LogP contribution is 2.13. The first-order valence-corrected chi connectivity index (χ1v) is 15.3. The van der Waals surface area contributed by atoms with Crippen LogP contribution in [0.1, 0.15) is 149 Å². The smallest absolute Gasteiger partial charge is 0.325 e. The van der Waals surface area contributed by atoms with Gasteiger partial charge in [0.2, 0.25) is 5.91 Å². The molecule has 1 N–H and O–H groups in total. The van der Waals surface area contributed by atoms with Gasteiger partial charge in [0.15, 0.2) is 0 Å². The van der Waals surface area contributed by atoms with E-state index in [0.717, 1.165) is 25.9 Å². The number of nitrogens with zero attached hydrogens (tertiary/aromatic N) is 1. The number of hydrogen-bond acceptors (Lipinski definition) is 4. The molecule has 0 aromatic heterocycles. The number of nitrogens with one attached hydrogen (secondary N) is 1. The molecule has 0 rings (SSSR count). The first kappa shape index (κ1) is 33.9. The molecule has 0 heterocycles. The fraction of sp³-hybridized carbons (Fsp3) is 0.933. The lowest BCUT2D eigenvalue weighted by Crippen LogP contribution is -2.40. The second kappa shape index (κ2) is 27.5. The fourth-order valence-electron chi connectivity index (χ4n) is 4.56. The van der Waals surface area contributed by atoms with Crippen LogP contribution in [0.5, 0.6) is 0 Å². The molecule has 0 aromatic rings. The minimum absolute atomic E-state index is 0.0307. The third kappa shape index (κ3) is 25.8. The van der Waals surface area contributed by atoms with E-state index in [-0.39, 0.29) is 18.4 Å². The highest BCUT2D eigenvalue weighted by Gasteiger charge is 2.12. The van der Waals surface area contributed by atoms with Crippen LogP contribution in [-0.2, 0) is 14.3 Å². The molecule has 0 aliphatic heterocycles. The van der Waals surface area contributed by atoms with E-state index >= 15 is 0 Å². The summed E-state index contributed by atoms with van der Waals surface area (Å²) in [7, 11) is 0. The van der Waals surface area contributed by atoms with Gasteiger partial charge in [-0.1, -0.05) is 129 Å². The first-order chi connectivity index (χ1) is 17.1. The Labute approximate surface area is 218 Å². The van der Waals surface area contributed by atoms with Crippen LogP contribution in [0, 0.1) is 0 Å². The van der Waals surface area contributed by atoms with Gasteiger partial charge in [-0.2, -0.15) is 0 Å².